The van der Waals surface area contributed by atoms with E-state index in [-0.39, 0.29) is 6.61 Å². The van der Waals surface area contributed by atoms with Gasteiger partial charge >= 0.3 is 0 Å². The maximum Gasteiger partial charge on any atom is 0.126 e. The van der Waals surface area contributed by atoms with Crippen LogP contribution in [0, 0.1) is 11.3 Å². The van der Waals surface area contributed by atoms with E-state index < -0.39 is 6.04 Å². The van der Waals surface area contributed by atoms with Crippen LogP contribution in [-0.2, 0) is 0 Å². The van der Waals surface area contributed by atoms with Crippen molar-refractivity contribution < 1.29 is 9.84 Å². The lowest BCUT2D eigenvalue weighted by molar-refractivity contribution is 0.285. The minimum absolute atomic E-state index is 0.0881. The molecule has 17 heavy (non-hydrogen) atoms. The van der Waals surface area contributed by atoms with Crippen molar-refractivity contribution in [3.05, 3.63) is 28.8 Å². The summed E-state index contributed by atoms with van der Waals surface area (Å²) in [5.41, 5.74) is 0.636. The van der Waals surface area contributed by atoms with Gasteiger partial charge in [-0.25, -0.2) is 0 Å². The van der Waals surface area contributed by atoms with Crippen LogP contribution in [0.1, 0.15) is 18.0 Å². The lowest BCUT2D eigenvalue weighted by Gasteiger charge is -2.16. The second kappa shape index (κ2) is 7.13. The number of rotatable bonds is 6. The van der Waals surface area contributed by atoms with Gasteiger partial charge in [-0.15, -0.1) is 0 Å². The second-order valence-corrected chi connectivity index (χ2v) is 3.86. The fourth-order valence-electron chi connectivity index (χ4n) is 1.51. The minimum atomic E-state index is -0.537. The number of hydrogen-bond acceptors (Lipinski definition) is 4. The standard InChI is InChI=1S/C12H15ClN2O2/c1-17-11-5-2-4-9(13)12(11)10(8-14)15-6-3-7-16/h2,4-5,10,15-16H,3,6-7H2,1H3. The zero-order chi connectivity index (χ0) is 12.7. The Hall–Kier alpha value is -1.28. The average molecular weight is 255 g/mol. The maximum atomic E-state index is 9.13. The summed E-state index contributed by atoms with van der Waals surface area (Å²) < 4.78 is 5.19. The third-order valence-electron chi connectivity index (χ3n) is 2.33. The van der Waals surface area contributed by atoms with Crippen molar-refractivity contribution in [2.75, 3.05) is 20.3 Å². The molecule has 0 aliphatic heterocycles. The molecular formula is C12H15ClN2O2. The Morgan fingerprint density at radius 1 is 1.59 bits per heavy atom. The fraction of sp³-hybridized carbons (Fsp3) is 0.417. The Balaban J connectivity index is 2.91. The van der Waals surface area contributed by atoms with Gasteiger partial charge in [0.05, 0.1) is 18.2 Å². The summed E-state index contributed by atoms with van der Waals surface area (Å²) >= 11 is 6.07. The first-order valence-corrected chi connectivity index (χ1v) is 5.68. The molecule has 0 aromatic heterocycles. The molecule has 0 bridgehead atoms. The summed E-state index contributed by atoms with van der Waals surface area (Å²) in [5, 5.41) is 21.3. The molecule has 5 heteroatoms. The molecule has 0 aliphatic rings. The van der Waals surface area contributed by atoms with Crippen molar-refractivity contribution in [3.8, 4) is 11.8 Å². The van der Waals surface area contributed by atoms with Gasteiger partial charge in [0, 0.05) is 12.2 Å². The SMILES string of the molecule is COc1cccc(Cl)c1C(C#N)NCCCO. The van der Waals surface area contributed by atoms with E-state index in [9.17, 15) is 0 Å². The molecular weight excluding hydrogens is 240 g/mol. The van der Waals surface area contributed by atoms with Crippen molar-refractivity contribution in [2.45, 2.75) is 12.5 Å². The zero-order valence-electron chi connectivity index (χ0n) is 9.61. The molecule has 0 saturated carbocycles. The van der Waals surface area contributed by atoms with E-state index in [4.69, 9.17) is 26.7 Å². The number of ether oxygens (including phenoxy) is 1. The van der Waals surface area contributed by atoms with Gasteiger partial charge in [0.2, 0.25) is 0 Å². The first-order valence-electron chi connectivity index (χ1n) is 5.30. The average Bonchev–Trinajstić information content (AvgIpc) is 2.35. The number of hydrogen-bond donors (Lipinski definition) is 2. The Labute approximate surface area is 106 Å². The van der Waals surface area contributed by atoms with Crippen LogP contribution < -0.4 is 10.1 Å². The topological polar surface area (TPSA) is 65.3 Å². The highest BCUT2D eigenvalue weighted by Gasteiger charge is 2.18. The van der Waals surface area contributed by atoms with Crippen LogP contribution in [0.4, 0.5) is 0 Å². The number of aliphatic hydroxyl groups excluding tert-OH is 1. The van der Waals surface area contributed by atoms with Crippen molar-refractivity contribution in [1.82, 2.24) is 5.32 Å². The number of benzene rings is 1. The van der Waals surface area contributed by atoms with E-state index in [1.807, 2.05) is 0 Å². The van der Waals surface area contributed by atoms with E-state index in [0.717, 1.165) is 0 Å². The van der Waals surface area contributed by atoms with Crippen LogP contribution in [0.3, 0.4) is 0 Å². The molecule has 0 heterocycles. The summed E-state index contributed by atoms with van der Waals surface area (Å²) in [6, 6.07) is 6.85. The molecule has 0 spiro atoms. The van der Waals surface area contributed by atoms with Crippen molar-refractivity contribution in [2.24, 2.45) is 0 Å². The number of halogens is 1. The molecule has 1 aromatic carbocycles. The largest absolute Gasteiger partial charge is 0.496 e. The number of methoxy groups -OCH3 is 1. The Bertz CT molecular complexity index is 404. The van der Waals surface area contributed by atoms with Crippen molar-refractivity contribution in [3.63, 3.8) is 0 Å². The molecule has 1 atom stereocenters. The summed E-state index contributed by atoms with van der Waals surface area (Å²) in [4.78, 5) is 0. The van der Waals surface area contributed by atoms with Gasteiger partial charge in [0.25, 0.3) is 0 Å². The zero-order valence-corrected chi connectivity index (χ0v) is 10.4. The summed E-state index contributed by atoms with van der Waals surface area (Å²) in [7, 11) is 1.54. The van der Waals surface area contributed by atoms with Crippen LogP contribution in [0.5, 0.6) is 5.75 Å². The number of nitrogens with one attached hydrogen (secondary N) is 1. The van der Waals surface area contributed by atoms with Gasteiger partial charge in [0.15, 0.2) is 0 Å². The molecule has 0 fully saturated rings. The van der Waals surface area contributed by atoms with Crippen LogP contribution in [0.25, 0.3) is 0 Å². The smallest absolute Gasteiger partial charge is 0.126 e. The molecule has 1 unspecified atom stereocenters. The van der Waals surface area contributed by atoms with E-state index in [1.54, 1.807) is 18.2 Å². The molecule has 0 aliphatic carbocycles. The first kappa shape index (κ1) is 13.8. The molecule has 0 saturated heterocycles. The molecule has 92 valence electrons. The molecule has 0 radical (unpaired) electrons. The lowest BCUT2D eigenvalue weighted by Crippen LogP contribution is -2.22. The Morgan fingerprint density at radius 3 is 2.94 bits per heavy atom. The highest BCUT2D eigenvalue weighted by molar-refractivity contribution is 6.31. The fourth-order valence-corrected chi connectivity index (χ4v) is 1.79. The third kappa shape index (κ3) is 3.60. The highest BCUT2D eigenvalue weighted by atomic mass is 35.5. The lowest BCUT2D eigenvalue weighted by atomic mass is 10.1. The molecule has 4 nitrogen and oxygen atoms in total. The van der Waals surface area contributed by atoms with Gasteiger partial charge < -0.3 is 9.84 Å². The number of aliphatic hydroxyl groups is 1. The van der Waals surface area contributed by atoms with E-state index in [1.165, 1.54) is 7.11 Å². The van der Waals surface area contributed by atoms with E-state index in [0.29, 0.717) is 29.3 Å². The van der Waals surface area contributed by atoms with Gasteiger partial charge in [-0.2, -0.15) is 5.26 Å². The van der Waals surface area contributed by atoms with Crippen molar-refractivity contribution >= 4 is 11.6 Å². The van der Waals surface area contributed by atoms with E-state index >= 15 is 0 Å². The minimum Gasteiger partial charge on any atom is -0.496 e. The second-order valence-electron chi connectivity index (χ2n) is 3.45. The molecule has 0 amide bonds. The molecule has 1 aromatic rings. The van der Waals surface area contributed by atoms with E-state index in [2.05, 4.69) is 11.4 Å². The van der Waals surface area contributed by atoms with Crippen LogP contribution in [0.15, 0.2) is 18.2 Å². The van der Waals surface area contributed by atoms with Gasteiger partial charge in [-0.3, -0.25) is 5.32 Å². The first-order chi connectivity index (χ1) is 8.24. The highest BCUT2D eigenvalue weighted by Crippen LogP contribution is 2.31. The van der Waals surface area contributed by atoms with Gasteiger partial charge in [0.1, 0.15) is 11.8 Å². The summed E-state index contributed by atoms with van der Waals surface area (Å²) in [5.74, 6) is 0.584. The third-order valence-corrected chi connectivity index (χ3v) is 2.66. The van der Waals surface area contributed by atoms with Crippen LogP contribution in [-0.4, -0.2) is 25.4 Å². The van der Waals surface area contributed by atoms with Gasteiger partial charge in [-0.1, -0.05) is 17.7 Å². The summed E-state index contributed by atoms with van der Waals surface area (Å²) in [6.07, 6.45) is 0.588. The quantitative estimate of drug-likeness (QED) is 0.761. The van der Waals surface area contributed by atoms with Crippen molar-refractivity contribution in [1.29, 1.82) is 5.26 Å². The molecule has 1 rings (SSSR count). The van der Waals surface area contributed by atoms with Crippen LogP contribution in [0.2, 0.25) is 5.02 Å². The summed E-state index contributed by atoms with van der Waals surface area (Å²) in [6.45, 7) is 0.633. The monoisotopic (exact) mass is 254 g/mol. The van der Waals surface area contributed by atoms with Crippen LogP contribution >= 0.6 is 11.6 Å². The number of nitriles is 1. The number of nitrogens with zero attached hydrogens (tertiary/aromatic N) is 1. The predicted molar refractivity (Wildman–Crippen MR) is 66.1 cm³/mol. The normalized spacial score (nSPS) is 11.9. The predicted octanol–water partition coefficient (Wildman–Crippen LogP) is 1.89. The molecule has 2 N–H and O–H groups in total. The Morgan fingerprint density at radius 2 is 2.35 bits per heavy atom. The van der Waals surface area contributed by atoms with Gasteiger partial charge in [-0.05, 0) is 25.1 Å². The maximum absolute atomic E-state index is 9.13. The Kier molecular flexibility index (Phi) is 5.78.